The molecule has 2 bridgehead atoms. The predicted octanol–water partition coefficient (Wildman–Crippen LogP) is 1.37. The summed E-state index contributed by atoms with van der Waals surface area (Å²) in [5, 5.41) is 7.23. The van der Waals surface area contributed by atoms with Crippen molar-refractivity contribution in [2.45, 2.75) is 51.6 Å². The Morgan fingerprint density at radius 1 is 1.09 bits per heavy atom. The van der Waals surface area contributed by atoms with Gasteiger partial charge in [0, 0.05) is 58.4 Å². The van der Waals surface area contributed by atoms with Gasteiger partial charge in [0.2, 0.25) is 0 Å². The average Bonchev–Trinajstić information content (AvgIpc) is 2.60. The van der Waals surface area contributed by atoms with Crippen LogP contribution in [0.5, 0.6) is 0 Å². The van der Waals surface area contributed by atoms with E-state index in [1.807, 2.05) is 7.05 Å². The summed E-state index contributed by atoms with van der Waals surface area (Å²) in [5.41, 5.74) is 0. The lowest BCUT2D eigenvalue weighted by Gasteiger charge is -2.47. The van der Waals surface area contributed by atoms with Crippen molar-refractivity contribution >= 4 is 5.96 Å². The normalized spacial score (nSPS) is 37.9. The highest BCUT2D eigenvalue weighted by atomic mass is 15.4. The van der Waals surface area contributed by atoms with Gasteiger partial charge in [0.25, 0.3) is 0 Å². The van der Waals surface area contributed by atoms with Gasteiger partial charge in [-0.05, 0) is 37.5 Å². The summed E-state index contributed by atoms with van der Waals surface area (Å²) in [6.07, 6.45) is 5.29. The SMILES string of the molecule is CN=C(NCC1CN2CCN1CC2)NC1CCC(C(C)C)CC1. The molecule has 4 rings (SSSR count). The van der Waals surface area contributed by atoms with Crippen LogP contribution in [-0.2, 0) is 0 Å². The molecule has 0 aromatic rings. The van der Waals surface area contributed by atoms with Crippen LogP contribution < -0.4 is 10.6 Å². The maximum atomic E-state index is 4.45. The summed E-state index contributed by atoms with van der Waals surface area (Å²) in [4.78, 5) is 9.67. The van der Waals surface area contributed by atoms with E-state index in [1.165, 1.54) is 58.4 Å². The van der Waals surface area contributed by atoms with Crippen LogP contribution in [0, 0.1) is 11.8 Å². The summed E-state index contributed by atoms with van der Waals surface area (Å²) in [6.45, 7) is 11.9. The monoisotopic (exact) mass is 321 g/mol. The zero-order chi connectivity index (χ0) is 16.2. The van der Waals surface area contributed by atoms with Crippen molar-refractivity contribution in [1.82, 2.24) is 20.4 Å². The van der Waals surface area contributed by atoms with E-state index in [0.717, 1.165) is 24.3 Å². The van der Waals surface area contributed by atoms with Crippen LogP contribution in [0.4, 0.5) is 0 Å². The number of hydrogen-bond acceptors (Lipinski definition) is 3. The van der Waals surface area contributed by atoms with Gasteiger partial charge in [-0.3, -0.25) is 14.8 Å². The summed E-state index contributed by atoms with van der Waals surface area (Å²) < 4.78 is 0. The first-order chi connectivity index (χ1) is 11.2. The minimum atomic E-state index is 0.600. The molecule has 0 aromatic carbocycles. The molecule has 3 saturated heterocycles. The largest absolute Gasteiger partial charge is 0.355 e. The van der Waals surface area contributed by atoms with Crippen LogP contribution in [0.3, 0.4) is 0 Å². The first-order valence-electron chi connectivity index (χ1n) is 9.59. The molecule has 1 aliphatic carbocycles. The number of fused-ring (bicyclic) bond motifs is 3. The third kappa shape index (κ3) is 4.38. The maximum Gasteiger partial charge on any atom is 0.191 e. The van der Waals surface area contributed by atoms with Gasteiger partial charge in [-0.25, -0.2) is 0 Å². The fourth-order valence-corrected chi connectivity index (χ4v) is 4.45. The van der Waals surface area contributed by atoms with Crippen LogP contribution >= 0.6 is 0 Å². The fourth-order valence-electron chi connectivity index (χ4n) is 4.45. The standard InChI is InChI=1S/C18H35N5/c1-14(2)15-4-6-16(7-5-15)21-18(19-3)20-12-17-13-22-8-10-23(17)11-9-22/h14-17H,4-13H2,1-3H3,(H2,19,20,21). The molecule has 1 saturated carbocycles. The van der Waals surface area contributed by atoms with Gasteiger partial charge in [0.1, 0.15) is 0 Å². The molecular weight excluding hydrogens is 286 g/mol. The summed E-state index contributed by atoms with van der Waals surface area (Å²) in [7, 11) is 1.89. The van der Waals surface area contributed by atoms with Crippen molar-refractivity contribution in [3.05, 3.63) is 0 Å². The quantitative estimate of drug-likeness (QED) is 0.606. The van der Waals surface area contributed by atoms with E-state index in [0.29, 0.717) is 12.1 Å². The lowest BCUT2D eigenvalue weighted by Crippen LogP contribution is -2.64. The highest BCUT2D eigenvalue weighted by molar-refractivity contribution is 5.80. The van der Waals surface area contributed by atoms with Crippen LogP contribution in [0.15, 0.2) is 4.99 Å². The van der Waals surface area contributed by atoms with E-state index >= 15 is 0 Å². The molecule has 5 nitrogen and oxygen atoms in total. The Balaban J connectivity index is 1.41. The summed E-state index contributed by atoms with van der Waals surface area (Å²) in [5.74, 6) is 2.75. The molecule has 1 unspecified atom stereocenters. The van der Waals surface area contributed by atoms with Gasteiger partial charge in [-0.2, -0.15) is 0 Å². The second-order valence-electron chi connectivity index (χ2n) is 7.94. The number of nitrogens with one attached hydrogen (secondary N) is 2. The third-order valence-corrected chi connectivity index (χ3v) is 6.18. The molecule has 4 fully saturated rings. The molecule has 3 heterocycles. The molecule has 132 valence electrons. The molecule has 0 spiro atoms. The number of guanidine groups is 1. The zero-order valence-corrected chi connectivity index (χ0v) is 15.2. The van der Waals surface area contributed by atoms with Gasteiger partial charge in [-0.1, -0.05) is 13.8 Å². The Morgan fingerprint density at radius 3 is 2.30 bits per heavy atom. The lowest BCUT2D eigenvalue weighted by molar-refractivity contribution is 0.0154. The third-order valence-electron chi connectivity index (χ3n) is 6.18. The number of rotatable bonds is 4. The number of nitrogens with zero attached hydrogens (tertiary/aromatic N) is 3. The summed E-state index contributed by atoms with van der Waals surface area (Å²) in [6, 6.07) is 1.25. The van der Waals surface area contributed by atoms with Crippen LogP contribution in [0.25, 0.3) is 0 Å². The summed E-state index contributed by atoms with van der Waals surface area (Å²) >= 11 is 0. The van der Waals surface area contributed by atoms with Gasteiger partial charge in [-0.15, -0.1) is 0 Å². The molecular formula is C18H35N5. The van der Waals surface area contributed by atoms with Crippen molar-refractivity contribution in [2.75, 3.05) is 46.3 Å². The first-order valence-corrected chi connectivity index (χ1v) is 9.59. The van der Waals surface area contributed by atoms with E-state index in [9.17, 15) is 0 Å². The van der Waals surface area contributed by atoms with Crippen LogP contribution in [0.2, 0.25) is 0 Å². The van der Waals surface area contributed by atoms with Crippen LogP contribution in [0.1, 0.15) is 39.5 Å². The molecule has 3 aliphatic heterocycles. The van der Waals surface area contributed by atoms with Gasteiger partial charge in [0.05, 0.1) is 0 Å². The molecule has 5 heteroatoms. The molecule has 0 aromatic heterocycles. The Morgan fingerprint density at radius 2 is 1.78 bits per heavy atom. The fraction of sp³-hybridized carbons (Fsp3) is 0.944. The topological polar surface area (TPSA) is 42.9 Å². The zero-order valence-electron chi connectivity index (χ0n) is 15.2. The highest BCUT2D eigenvalue weighted by Crippen LogP contribution is 2.29. The van der Waals surface area contributed by atoms with Gasteiger partial charge >= 0.3 is 0 Å². The minimum Gasteiger partial charge on any atom is -0.355 e. The number of piperazine rings is 3. The Kier molecular flexibility index (Phi) is 5.81. The van der Waals surface area contributed by atoms with Crippen molar-refractivity contribution in [3.63, 3.8) is 0 Å². The first kappa shape index (κ1) is 17.0. The molecule has 2 N–H and O–H groups in total. The molecule has 1 atom stereocenters. The molecule has 0 amide bonds. The van der Waals surface area contributed by atoms with E-state index in [-0.39, 0.29) is 0 Å². The minimum absolute atomic E-state index is 0.600. The van der Waals surface area contributed by atoms with E-state index in [1.54, 1.807) is 0 Å². The second kappa shape index (κ2) is 7.84. The molecule has 23 heavy (non-hydrogen) atoms. The number of hydrogen-bond donors (Lipinski definition) is 2. The highest BCUT2D eigenvalue weighted by Gasteiger charge is 2.31. The van der Waals surface area contributed by atoms with E-state index in [2.05, 4.69) is 39.3 Å². The maximum absolute atomic E-state index is 4.45. The van der Waals surface area contributed by atoms with Crippen molar-refractivity contribution in [3.8, 4) is 0 Å². The van der Waals surface area contributed by atoms with E-state index < -0.39 is 0 Å². The molecule has 4 aliphatic rings. The average molecular weight is 322 g/mol. The molecule has 0 radical (unpaired) electrons. The smallest absolute Gasteiger partial charge is 0.191 e. The number of aliphatic imine (C=N–C) groups is 1. The predicted molar refractivity (Wildman–Crippen MR) is 96.9 cm³/mol. The van der Waals surface area contributed by atoms with Crippen molar-refractivity contribution in [2.24, 2.45) is 16.8 Å². The van der Waals surface area contributed by atoms with E-state index in [4.69, 9.17) is 0 Å². The lowest BCUT2D eigenvalue weighted by atomic mass is 9.80. The van der Waals surface area contributed by atoms with Gasteiger partial charge < -0.3 is 10.6 Å². The Bertz CT molecular complexity index is 392. The Hall–Kier alpha value is -0.810. The van der Waals surface area contributed by atoms with Crippen molar-refractivity contribution in [1.29, 1.82) is 0 Å². The Labute approximate surface area is 141 Å². The van der Waals surface area contributed by atoms with Gasteiger partial charge in [0.15, 0.2) is 5.96 Å². The second-order valence-corrected chi connectivity index (χ2v) is 7.94. The van der Waals surface area contributed by atoms with Crippen molar-refractivity contribution < 1.29 is 0 Å². The van der Waals surface area contributed by atoms with Crippen LogP contribution in [-0.4, -0.2) is 74.2 Å².